The van der Waals surface area contributed by atoms with E-state index in [1.807, 2.05) is 0 Å². The van der Waals surface area contributed by atoms with Gasteiger partial charge in [-0.1, -0.05) is 0 Å². The van der Waals surface area contributed by atoms with Gasteiger partial charge in [0.2, 0.25) is 6.41 Å². The fourth-order valence-electron chi connectivity index (χ4n) is 1.23. The Labute approximate surface area is 107 Å². The third-order valence-corrected chi connectivity index (χ3v) is 1.87. The summed E-state index contributed by atoms with van der Waals surface area (Å²) in [5.41, 5.74) is -1.02. The van der Waals surface area contributed by atoms with Crippen LogP contribution in [-0.4, -0.2) is 51.6 Å². The van der Waals surface area contributed by atoms with Gasteiger partial charge in [-0.2, -0.15) is 13.2 Å². The largest absolute Gasteiger partial charge is 0.479 e. The first-order chi connectivity index (χ1) is 8.37. The highest BCUT2D eigenvalue weighted by molar-refractivity contribution is 5.73. The molecule has 112 valence electrons. The molecule has 0 aliphatic heterocycles. The molecular weight excluding hydrogens is 271 g/mol. The third-order valence-electron chi connectivity index (χ3n) is 1.87. The minimum absolute atomic E-state index is 0.0895. The number of carboxylic acids is 1. The number of carboxylic acid groups (broad SMARTS) is 1. The van der Waals surface area contributed by atoms with Gasteiger partial charge < -0.3 is 10.2 Å². The van der Waals surface area contributed by atoms with Crippen LogP contribution in [0.15, 0.2) is 0 Å². The minimum atomic E-state index is -4.76. The summed E-state index contributed by atoms with van der Waals surface area (Å²) < 4.78 is 37.1. The van der Waals surface area contributed by atoms with Gasteiger partial charge in [-0.15, -0.1) is 0 Å². The summed E-state index contributed by atoms with van der Waals surface area (Å²) in [5.74, 6) is -1.88. The molecule has 0 spiro atoms. The molecule has 0 aromatic heterocycles. The van der Waals surface area contributed by atoms with E-state index in [2.05, 4.69) is 0 Å². The Kier molecular flexibility index (Phi) is 5.76. The molecule has 0 heterocycles. The molecule has 0 aromatic rings. The topological polar surface area (TPSA) is 87.1 Å². The smallest absolute Gasteiger partial charge is 0.391 e. The van der Waals surface area contributed by atoms with E-state index in [9.17, 15) is 27.9 Å². The van der Waals surface area contributed by atoms with Crippen LogP contribution in [0.2, 0.25) is 0 Å². The molecule has 2 unspecified atom stereocenters. The lowest BCUT2D eigenvalue weighted by atomic mass is 10.1. The van der Waals surface area contributed by atoms with Crippen molar-refractivity contribution in [2.24, 2.45) is 0 Å². The summed E-state index contributed by atoms with van der Waals surface area (Å²) in [4.78, 5) is 26.3. The molecule has 0 rings (SSSR count). The predicted molar refractivity (Wildman–Crippen MR) is 56.8 cm³/mol. The van der Waals surface area contributed by atoms with Crippen LogP contribution in [-0.2, 0) is 14.4 Å². The van der Waals surface area contributed by atoms with Crippen molar-refractivity contribution in [2.75, 3.05) is 0 Å². The number of rotatable bonds is 6. The first-order valence-electron chi connectivity index (χ1n) is 5.28. The Bertz CT molecular complexity index is 326. The van der Waals surface area contributed by atoms with Crippen LogP contribution < -0.4 is 0 Å². The van der Waals surface area contributed by atoms with Crippen molar-refractivity contribution in [3.05, 3.63) is 0 Å². The number of aliphatic hydroxyl groups excluding tert-OH is 1. The minimum Gasteiger partial charge on any atom is -0.479 e. The van der Waals surface area contributed by atoms with Crippen LogP contribution in [0.5, 0.6) is 0 Å². The van der Waals surface area contributed by atoms with Gasteiger partial charge in [0.15, 0.2) is 6.10 Å². The van der Waals surface area contributed by atoms with Gasteiger partial charge in [0.05, 0.1) is 12.0 Å². The maximum Gasteiger partial charge on any atom is 0.391 e. The molecule has 0 aromatic carbocycles. The number of halogens is 3. The molecule has 6 nitrogen and oxygen atoms in total. The van der Waals surface area contributed by atoms with E-state index in [-0.39, 0.29) is 11.5 Å². The van der Waals surface area contributed by atoms with Gasteiger partial charge in [0.1, 0.15) is 6.04 Å². The van der Waals surface area contributed by atoms with E-state index < -0.39 is 36.3 Å². The monoisotopic (exact) mass is 287 g/mol. The average molecular weight is 287 g/mol. The molecule has 0 bridgehead atoms. The highest BCUT2D eigenvalue weighted by atomic mass is 19.4. The van der Waals surface area contributed by atoms with Crippen LogP contribution in [0.4, 0.5) is 13.2 Å². The summed E-state index contributed by atoms with van der Waals surface area (Å²) in [6.07, 6.45) is -8.96. The number of hydroxylamine groups is 2. The van der Waals surface area contributed by atoms with Gasteiger partial charge in [-0.25, -0.2) is 9.86 Å². The van der Waals surface area contributed by atoms with E-state index >= 15 is 0 Å². The maximum atomic E-state index is 12.4. The molecule has 19 heavy (non-hydrogen) atoms. The lowest BCUT2D eigenvalue weighted by Gasteiger charge is -2.34. The van der Waals surface area contributed by atoms with Crippen LogP contribution in [0.1, 0.15) is 27.2 Å². The number of alkyl halides is 3. The van der Waals surface area contributed by atoms with Crippen molar-refractivity contribution in [1.82, 2.24) is 5.06 Å². The van der Waals surface area contributed by atoms with Crippen LogP contribution in [0, 0.1) is 0 Å². The molecule has 0 aliphatic rings. The third kappa shape index (κ3) is 6.97. The maximum absolute atomic E-state index is 12.4. The van der Waals surface area contributed by atoms with Gasteiger partial charge in [0, 0.05) is 0 Å². The van der Waals surface area contributed by atoms with Crippen LogP contribution >= 0.6 is 0 Å². The fraction of sp³-hybridized carbons (Fsp3) is 0.800. The van der Waals surface area contributed by atoms with E-state index in [1.165, 1.54) is 20.8 Å². The number of carbonyl (C=O) groups is 2. The summed E-state index contributed by atoms with van der Waals surface area (Å²) in [6, 6.07) is -2.06. The van der Waals surface area contributed by atoms with Crippen molar-refractivity contribution in [3.8, 4) is 0 Å². The van der Waals surface area contributed by atoms with E-state index in [0.29, 0.717) is 0 Å². The van der Waals surface area contributed by atoms with Gasteiger partial charge in [-0.05, 0) is 20.8 Å². The van der Waals surface area contributed by atoms with Crippen LogP contribution in [0.25, 0.3) is 0 Å². The van der Waals surface area contributed by atoms with E-state index in [0.717, 1.165) is 0 Å². The highest BCUT2D eigenvalue weighted by Crippen LogP contribution is 2.27. The molecule has 9 heteroatoms. The van der Waals surface area contributed by atoms with Crippen molar-refractivity contribution in [1.29, 1.82) is 0 Å². The first-order valence-corrected chi connectivity index (χ1v) is 5.28. The molecule has 0 saturated carbocycles. The molecule has 0 saturated heterocycles. The predicted octanol–water partition coefficient (Wildman–Crippen LogP) is 0.941. The lowest BCUT2D eigenvalue weighted by molar-refractivity contribution is -0.259. The second-order valence-corrected chi connectivity index (χ2v) is 4.84. The average Bonchev–Trinajstić information content (AvgIpc) is 2.19. The second-order valence-electron chi connectivity index (χ2n) is 4.84. The normalized spacial score (nSPS) is 15.7. The number of amides is 1. The molecule has 2 atom stereocenters. The zero-order valence-electron chi connectivity index (χ0n) is 10.6. The Morgan fingerprint density at radius 1 is 1.37 bits per heavy atom. The molecular formula is C10H16F3NO5. The first kappa shape index (κ1) is 17.6. The second kappa shape index (κ2) is 6.20. The number of aliphatic carboxylic acids is 1. The summed E-state index contributed by atoms with van der Waals surface area (Å²) in [5, 5.41) is 18.0. The van der Waals surface area contributed by atoms with E-state index in [1.54, 1.807) is 0 Å². The number of hydrogen-bond acceptors (Lipinski definition) is 4. The Morgan fingerprint density at radius 3 is 2.11 bits per heavy atom. The highest BCUT2D eigenvalue weighted by Gasteiger charge is 2.42. The molecule has 0 fully saturated rings. The molecule has 1 amide bonds. The van der Waals surface area contributed by atoms with Crippen LogP contribution in [0.3, 0.4) is 0 Å². The SMILES string of the molecule is CC(C)(C)ON(C=O)C(CC(F)(F)F)C(O)C(=O)O. The number of hydrogen-bond donors (Lipinski definition) is 2. The molecule has 0 aliphatic carbocycles. The quantitative estimate of drug-likeness (QED) is 0.561. The number of carbonyl (C=O) groups excluding carboxylic acids is 1. The molecule has 0 radical (unpaired) electrons. The zero-order chi connectivity index (χ0) is 15.4. The van der Waals surface area contributed by atoms with Gasteiger partial charge >= 0.3 is 12.1 Å². The summed E-state index contributed by atoms with van der Waals surface area (Å²) >= 11 is 0. The summed E-state index contributed by atoms with van der Waals surface area (Å²) in [7, 11) is 0. The van der Waals surface area contributed by atoms with E-state index in [4.69, 9.17) is 9.94 Å². The standard InChI is InChI=1S/C10H16F3NO5/c1-9(2,3)19-14(5-15)6(4-10(11,12)13)7(16)8(17)18/h5-7,16H,4H2,1-3H3,(H,17,18). The Morgan fingerprint density at radius 2 is 1.84 bits per heavy atom. The Hall–Kier alpha value is -1.35. The van der Waals surface area contributed by atoms with Crippen molar-refractivity contribution >= 4 is 12.4 Å². The molecule has 2 N–H and O–H groups in total. The fourth-order valence-corrected chi connectivity index (χ4v) is 1.23. The number of aliphatic hydroxyl groups is 1. The van der Waals surface area contributed by atoms with Gasteiger partial charge in [0.25, 0.3) is 0 Å². The Balaban J connectivity index is 5.18. The van der Waals surface area contributed by atoms with Crippen molar-refractivity contribution in [2.45, 2.75) is 51.1 Å². The number of nitrogens with zero attached hydrogens (tertiary/aromatic N) is 1. The zero-order valence-corrected chi connectivity index (χ0v) is 10.6. The van der Waals surface area contributed by atoms with Crippen molar-refractivity contribution < 1.29 is 37.8 Å². The van der Waals surface area contributed by atoms with Crippen molar-refractivity contribution in [3.63, 3.8) is 0 Å². The lowest BCUT2D eigenvalue weighted by Crippen LogP contribution is -2.51. The summed E-state index contributed by atoms with van der Waals surface area (Å²) in [6.45, 7) is 4.38. The van der Waals surface area contributed by atoms with Gasteiger partial charge in [-0.3, -0.25) is 9.63 Å².